The van der Waals surface area contributed by atoms with Gasteiger partial charge in [-0.05, 0) is 13.8 Å². The molecule has 112 valence electrons. The van der Waals surface area contributed by atoms with Crippen LogP contribution in [-0.4, -0.2) is 38.7 Å². The molecule has 2 aromatic heterocycles. The van der Waals surface area contributed by atoms with E-state index in [1.165, 1.54) is 16.7 Å². The molecular weight excluding hydrogens is 292 g/mol. The lowest BCUT2D eigenvalue weighted by atomic mass is 10.1. The lowest BCUT2D eigenvalue weighted by molar-refractivity contribution is -0.120. The molecule has 8 heteroatoms. The predicted octanol–water partition coefficient (Wildman–Crippen LogP) is 1.08. The summed E-state index contributed by atoms with van der Waals surface area (Å²) >= 11 is 1.28. The molecule has 0 unspecified atom stereocenters. The summed E-state index contributed by atoms with van der Waals surface area (Å²) < 4.78 is 0. The summed E-state index contributed by atoms with van der Waals surface area (Å²) in [6, 6.07) is 0. The van der Waals surface area contributed by atoms with Gasteiger partial charge in [-0.1, -0.05) is 0 Å². The molecule has 2 rings (SSSR count). The number of carbonyl (C=O) groups excluding carboxylic acids is 1. The van der Waals surface area contributed by atoms with Crippen LogP contribution in [-0.2, 0) is 17.6 Å². The lowest BCUT2D eigenvalue weighted by Crippen LogP contribution is -2.27. The number of nitrogens with zero attached hydrogens (tertiary/aromatic N) is 2. The summed E-state index contributed by atoms with van der Waals surface area (Å²) in [6.07, 6.45) is 0.805. The average molecular weight is 308 g/mol. The zero-order chi connectivity index (χ0) is 15.4. The number of carboxylic acid groups (broad SMARTS) is 1. The predicted molar refractivity (Wildman–Crippen MR) is 77.6 cm³/mol. The van der Waals surface area contributed by atoms with Gasteiger partial charge in [0.15, 0.2) is 5.69 Å². The van der Waals surface area contributed by atoms with E-state index in [-0.39, 0.29) is 18.0 Å². The molecule has 0 aliphatic heterocycles. The van der Waals surface area contributed by atoms with Gasteiger partial charge in [0.25, 0.3) is 0 Å². The molecule has 2 heterocycles. The fraction of sp³-hybridized carbons (Fsp3) is 0.385. The standard InChI is InChI=1S/C13H16N4O3S/c1-7-9(8(2)17-16-7)5-11(18)14-4-3-12-15-10(6-21-12)13(19)20/h6H,3-5H2,1-2H3,(H,14,18)(H,16,17)(H,19,20). The average Bonchev–Trinajstić information content (AvgIpc) is 3.01. The number of carbonyl (C=O) groups is 2. The van der Waals surface area contributed by atoms with Crippen molar-refractivity contribution in [3.63, 3.8) is 0 Å². The molecule has 0 aliphatic carbocycles. The largest absolute Gasteiger partial charge is 0.476 e. The van der Waals surface area contributed by atoms with Crippen LogP contribution in [0, 0.1) is 13.8 Å². The van der Waals surface area contributed by atoms with Crippen molar-refractivity contribution >= 4 is 23.2 Å². The van der Waals surface area contributed by atoms with Crippen molar-refractivity contribution in [2.24, 2.45) is 0 Å². The van der Waals surface area contributed by atoms with E-state index in [2.05, 4.69) is 20.5 Å². The van der Waals surface area contributed by atoms with Gasteiger partial charge in [0.05, 0.1) is 17.1 Å². The summed E-state index contributed by atoms with van der Waals surface area (Å²) in [5.74, 6) is -1.12. The zero-order valence-corrected chi connectivity index (χ0v) is 12.6. The minimum absolute atomic E-state index is 0.0472. The maximum Gasteiger partial charge on any atom is 0.355 e. The van der Waals surface area contributed by atoms with Crippen molar-refractivity contribution in [3.05, 3.63) is 33.0 Å². The highest BCUT2D eigenvalue weighted by Crippen LogP contribution is 2.11. The fourth-order valence-electron chi connectivity index (χ4n) is 1.89. The zero-order valence-electron chi connectivity index (χ0n) is 11.8. The van der Waals surface area contributed by atoms with Crippen molar-refractivity contribution in [3.8, 4) is 0 Å². The van der Waals surface area contributed by atoms with Crippen LogP contribution in [0.2, 0.25) is 0 Å². The second-order valence-electron chi connectivity index (χ2n) is 4.62. The van der Waals surface area contributed by atoms with Crippen LogP contribution in [0.1, 0.15) is 32.4 Å². The van der Waals surface area contributed by atoms with E-state index in [9.17, 15) is 9.59 Å². The van der Waals surface area contributed by atoms with Gasteiger partial charge in [-0.2, -0.15) is 5.10 Å². The van der Waals surface area contributed by atoms with Crippen molar-refractivity contribution in [1.29, 1.82) is 0 Å². The summed E-state index contributed by atoms with van der Waals surface area (Å²) in [4.78, 5) is 26.5. The summed E-state index contributed by atoms with van der Waals surface area (Å²) in [7, 11) is 0. The van der Waals surface area contributed by atoms with Crippen LogP contribution in [0.25, 0.3) is 0 Å². The highest BCUT2D eigenvalue weighted by Gasteiger charge is 2.12. The molecule has 0 atom stereocenters. The Morgan fingerprint density at radius 2 is 2.19 bits per heavy atom. The Balaban J connectivity index is 1.80. The Hall–Kier alpha value is -2.22. The van der Waals surface area contributed by atoms with E-state index in [0.29, 0.717) is 18.0 Å². The monoisotopic (exact) mass is 308 g/mol. The van der Waals surface area contributed by atoms with E-state index in [4.69, 9.17) is 5.11 Å². The van der Waals surface area contributed by atoms with Crippen LogP contribution < -0.4 is 5.32 Å². The van der Waals surface area contributed by atoms with E-state index in [1.807, 2.05) is 13.8 Å². The summed E-state index contributed by atoms with van der Waals surface area (Å²) in [6.45, 7) is 4.17. The maximum absolute atomic E-state index is 11.9. The number of aromatic nitrogens is 3. The molecule has 0 aromatic carbocycles. The molecule has 21 heavy (non-hydrogen) atoms. The molecule has 0 fully saturated rings. The van der Waals surface area contributed by atoms with Crippen LogP contribution in [0.15, 0.2) is 5.38 Å². The quantitative estimate of drug-likeness (QED) is 0.740. The Bertz CT molecular complexity index is 643. The molecule has 0 radical (unpaired) electrons. The first-order valence-electron chi connectivity index (χ1n) is 6.42. The molecule has 0 saturated carbocycles. The second-order valence-corrected chi connectivity index (χ2v) is 5.56. The highest BCUT2D eigenvalue weighted by molar-refractivity contribution is 7.09. The first-order valence-corrected chi connectivity index (χ1v) is 7.30. The van der Waals surface area contributed by atoms with Gasteiger partial charge in [-0.15, -0.1) is 11.3 Å². The molecule has 0 bridgehead atoms. The number of rotatable bonds is 6. The van der Waals surface area contributed by atoms with Gasteiger partial charge in [-0.25, -0.2) is 9.78 Å². The molecule has 0 spiro atoms. The molecule has 2 aromatic rings. The van der Waals surface area contributed by atoms with E-state index in [1.54, 1.807) is 0 Å². The smallest absolute Gasteiger partial charge is 0.355 e. The third-order valence-corrected chi connectivity index (χ3v) is 3.96. The van der Waals surface area contributed by atoms with Crippen LogP contribution in [0.3, 0.4) is 0 Å². The fourth-order valence-corrected chi connectivity index (χ4v) is 2.66. The Morgan fingerprint density at radius 1 is 1.43 bits per heavy atom. The summed E-state index contributed by atoms with van der Waals surface area (Å²) in [5, 5.41) is 20.7. The second kappa shape index (κ2) is 6.49. The maximum atomic E-state index is 11.9. The van der Waals surface area contributed by atoms with Gasteiger partial charge in [-0.3, -0.25) is 9.89 Å². The van der Waals surface area contributed by atoms with Crippen molar-refractivity contribution in [2.75, 3.05) is 6.54 Å². The van der Waals surface area contributed by atoms with E-state index >= 15 is 0 Å². The highest BCUT2D eigenvalue weighted by atomic mass is 32.1. The Labute approximate surface area is 125 Å². The van der Waals surface area contributed by atoms with Crippen LogP contribution >= 0.6 is 11.3 Å². The number of aromatic amines is 1. The third-order valence-electron chi connectivity index (χ3n) is 3.05. The van der Waals surface area contributed by atoms with Gasteiger partial charge in [0.2, 0.25) is 5.91 Å². The van der Waals surface area contributed by atoms with Gasteiger partial charge >= 0.3 is 5.97 Å². The van der Waals surface area contributed by atoms with Gasteiger partial charge in [0.1, 0.15) is 0 Å². The molecule has 0 aliphatic rings. The molecule has 3 N–H and O–H groups in total. The number of nitrogens with one attached hydrogen (secondary N) is 2. The topological polar surface area (TPSA) is 108 Å². The Morgan fingerprint density at radius 3 is 2.76 bits per heavy atom. The van der Waals surface area contributed by atoms with Gasteiger partial charge < -0.3 is 10.4 Å². The minimum Gasteiger partial charge on any atom is -0.476 e. The number of aromatic carboxylic acids is 1. The first-order chi connectivity index (χ1) is 9.97. The van der Waals surface area contributed by atoms with Gasteiger partial charge in [0, 0.05) is 29.6 Å². The molecular formula is C13H16N4O3S. The molecule has 1 amide bonds. The number of H-pyrrole nitrogens is 1. The third kappa shape index (κ3) is 3.88. The normalized spacial score (nSPS) is 10.6. The number of thiazole rings is 1. The van der Waals surface area contributed by atoms with E-state index < -0.39 is 5.97 Å². The SMILES string of the molecule is Cc1n[nH]c(C)c1CC(=O)NCCc1nc(C(=O)O)cs1. The number of hydrogen-bond donors (Lipinski definition) is 3. The number of hydrogen-bond acceptors (Lipinski definition) is 5. The lowest BCUT2D eigenvalue weighted by Gasteiger charge is -2.04. The van der Waals surface area contributed by atoms with Crippen LogP contribution in [0.5, 0.6) is 0 Å². The minimum atomic E-state index is -1.03. The summed E-state index contributed by atoms with van der Waals surface area (Å²) in [5.41, 5.74) is 2.68. The van der Waals surface area contributed by atoms with E-state index in [0.717, 1.165) is 17.0 Å². The number of aryl methyl sites for hydroxylation is 2. The van der Waals surface area contributed by atoms with Crippen LogP contribution in [0.4, 0.5) is 0 Å². The molecule has 7 nitrogen and oxygen atoms in total. The number of amides is 1. The van der Waals surface area contributed by atoms with Crippen molar-refractivity contribution < 1.29 is 14.7 Å². The Kier molecular flexibility index (Phi) is 4.69. The van der Waals surface area contributed by atoms with Crippen molar-refractivity contribution in [1.82, 2.24) is 20.5 Å². The number of carboxylic acids is 1. The van der Waals surface area contributed by atoms with Crippen molar-refractivity contribution in [2.45, 2.75) is 26.7 Å². The first kappa shape index (κ1) is 15.2. The molecule has 0 saturated heterocycles.